The van der Waals surface area contributed by atoms with Gasteiger partial charge >= 0.3 is 18.1 Å². The first-order chi connectivity index (χ1) is 13.4. The van der Waals surface area contributed by atoms with Gasteiger partial charge in [-0.2, -0.15) is 13.2 Å². The van der Waals surface area contributed by atoms with E-state index in [0.29, 0.717) is 6.42 Å². The molecule has 1 amide bonds. The second kappa shape index (κ2) is 9.62. The van der Waals surface area contributed by atoms with Gasteiger partial charge in [0.1, 0.15) is 5.75 Å². The molecule has 2 atom stereocenters. The molecule has 162 valence electrons. The number of nitrogens with one attached hydrogen (secondary N) is 1. The molecular weight excluding hydrogens is 395 g/mol. The van der Waals surface area contributed by atoms with Gasteiger partial charge in [-0.3, -0.25) is 4.79 Å². The Hall–Kier alpha value is -2.78. The second-order valence-corrected chi connectivity index (χ2v) is 6.55. The van der Waals surface area contributed by atoms with E-state index in [1.54, 1.807) is 13.8 Å². The number of benzene rings is 1. The molecule has 0 aliphatic rings. The molecule has 1 aromatic rings. The first-order valence-corrected chi connectivity index (χ1v) is 8.84. The van der Waals surface area contributed by atoms with Gasteiger partial charge in [0.15, 0.2) is 0 Å². The van der Waals surface area contributed by atoms with Gasteiger partial charge in [0, 0.05) is 6.92 Å². The molecule has 0 aromatic heterocycles. The summed E-state index contributed by atoms with van der Waals surface area (Å²) in [6.07, 6.45) is -5.61. The van der Waals surface area contributed by atoms with Crippen LogP contribution in [-0.4, -0.2) is 41.7 Å². The van der Waals surface area contributed by atoms with Crippen molar-refractivity contribution in [3.8, 4) is 5.75 Å². The Morgan fingerprint density at radius 3 is 2.31 bits per heavy atom. The molecule has 0 saturated carbocycles. The molecule has 2 unspecified atom stereocenters. The molecule has 0 aliphatic heterocycles. The van der Waals surface area contributed by atoms with Crippen LogP contribution in [0.5, 0.6) is 5.75 Å². The predicted molar refractivity (Wildman–Crippen MR) is 96.3 cm³/mol. The van der Waals surface area contributed by atoms with Crippen LogP contribution in [0, 0.1) is 0 Å². The lowest BCUT2D eigenvalue weighted by molar-refractivity contribution is -0.168. The number of amides is 1. The van der Waals surface area contributed by atoms with E-state index in [0.717, 1.165) is 26.2 Å². The highest BCUT2D eigenvalue weighted by Gasteiger charge is 2.49. The van der Waals surface area contributed by atoms with Crippen molar-refractivity contribution < 1.29 is 42.1 Å². The zero-order valence-electron chi connectivity index (χ0n) is 16.6. The average molecular weight is 419 g/mol. The quantitative estimate of drug-likeness (QED) is 0.471. The Morgan fingerprint density at radius 2 is 1.86 bits per heavy atom. The number of rotatable bonds is 9. The van der Waals surface area contributed by atoms with E-state index < -0.39 is 47.6 Å². The molecule has 0 fully saturated rings. The van der Waals surface area contributed by atoms with E-state index in [1.165, 1.54) is 6.07 Å². The van der Waals surface area contributed by atoms with Crippen molar-refractivity contribution in [2.45, 2.75) is 57.9 Å². The van der Waals surface area contributed by atoms with Crippen molar-refractivity contribution in [2.24, 2.45) is 0 Å². The number of carboxylic acids is 1. The largest absolute Gasteiger partial charge is 0.496 e. The molecule has 2 N–H and O–H groups in total. The Balaban J connectivity index is 3.25. The van der Waals surface area contributed by atoms with Gasteiger partial charge in [0.2, 0.25) is 11.4 Å². The number of carbonyl (C=O) groups excluding carboxylic acids is 2. The van der Waals surface area contributed by atoms with E-state index in [9.17, 15) is 32.7 Å². The fraction of sp³-hybridized carbons (Fsp3) is 0.526. The van der Waals surface area contributed by atoms with Gasteiger partial charge in [-0.1, -0.05) is 13.0 Å². The van der Waals surface area contributed by atoms with Crippen LogP contribution in [0.1, 0.15) is 44.7 Å². The minimum atomic E-state index is -4.68. The van der Waals surface area contributed by atoms with E-state index in [2.05, 4.69) is 5.32 Å². The maximum atomic E-state index is 13.2. The van der Waals surface area contributed by atoms with Gasteiger partial charge in [0.05, 0.1) is 18.8 Å². The number of esters is 1. The topological polar surface area (TPSA) is 102 Å². The summed E-state index contributed by atoms with van der Waals surface area (Å²) in [5.41, 5.74) is -3.33. The van der Waals surface area contributed by atoms with Crippen LogP contribution in [0.3, 0.4) is 0 Å². The van der Waals surface area contributed by atoms with E-state index in [1.807, 2.05) is 0 Å². The number of alkyl halides is 3. The first kappa shape index (κ1) is 24.3. The summed E-state index contributed by atoms with van der Waals surface area (Å²) < 4.78 is 49.4. The molecule has 0 spiro atoms. The fourth-order valence-corrected chi connectivity index (χ4v) is 2.59. The van der Waals surface area contributed by atoms with Crippen LogP contribution in [-0.2, 0) is 31.7 Å². The van der Waals surface area contributed by atoms with Gasteiger partial charge in [-0.05, 0) is 43.9 Å². The molecule has 0 heterocycles. The minimum absolute atomic E-state index is 0.116. The summed E-state index contributed by atoms with van der Waals surface area (Å²) >= 11 is 0. The lowest BCUT2D eigenvalue weighted by atomic mass is 9.90. The van der Waals surface area contributed by atoms with Crippen LogP contribution in [0.25, 0.3) is 0 Å². The lowest BCUT2D eigenvalue weighted by Gasteiger charge is -2.29. The van der Waals surface area contributed by atoms with Crippen LogP contribution in [0.15, 0.2) is 18.2 Å². The summed E-state index contributed by atoms with van der Waals surface area (Å²) in [5.74, 6) is -4.02. The van der Waals surface area contributed by atoms with Crippen molar-refractivity contribution in [3.63, 3.8) is 0 Å². The summed E-state index contributed by atoms with van der Waals surface area (Å²) in [4.78, 5) is 36.0. The van der Waals surface area contributed by atoms with Gasteiger partial charge in [0.25, 0.3) is 0 Å². The standard InChI is InChI=1S/C19H24F3NO6/c1-5-11(2)29-17(27)18(16(25)26,23-12(3)24)9-8-13-6-7-15(28-4)14(10-13)19(20,21)22/h6-7,10-11H,5,8-9H2,1-4H3,(H,23,24)(H,25,26). The number of aryl methyl sites for hydroxylation is 1. The van der Waals surface area contributed by atoms with Gasteiger partial charge in [-0.15, -0.1) is 0 Å². The molecule has 1 rings (SSSR count). The van der Waals surface area contributed by atoms with Gasteiger partial charge < -0.3 is 19.9 Å². The maximum absolute atomic E-state index is 13.2. The molecule has 1 aromatic carbocycles. The number of carboxylic acid groups (broad SMARTS) is 1. The monoisotopic (exact) mass is 419 g/mol. The Labute approximate surface area is 166 Å². The molecule has 29 heavy (non-hydrogen) atoms. The minimum Gasteiger partial charge on any atom is -0.496 e. The zero-order chi connectivity index (χ0) is 22.4. The number of hydrogen-bond donors (Lipinski definition) is 2. The number of halogens is 3. The second-order valence-electron chi connectivity index (χ2n) is 6.55. The first-order valence-electron chi connectivity index (χ1n) is 8.84. The van der Waals surface area contributed by atoms with Crippen molar-refractivity contribution in [1.29, 1.82) is 0 Å². The zero-order valence-corrected chi connectivity index (χ0v) is 16.6. The van der Waals surface area contributed by atoms with Crippen molar-refractivity contribution in [1.82, 2.24) is 5.32 Å². The number of carbonyl (C=O) groups is 3. The van der Waals surface area contributed by atoms with Crippen molar-refractivity contribution in [2.75, 3.05) is 7.11 Å². The SMILES string of the molecule is CCC(C)OC(=O)C(CCc1ccc(OC)c(C(F)(F)F)c1)(NC(C)=O)C(=O)O. The molecule has 7 nitrogen and oxygen atoms in total. The predicted octanol–water partition coefficient (Wildman–Crippen LogP) is 2.95. The molecule has 0 bridgehead atoms. The van der Waals surface area contributed by atoms with Crippen LogP contribution >= 0.6 is 0 Å². The third-order valence-corrected chi connectivity index (χ3v) is 4.34. The summed E-state index contributed by atoms with van der Waals surface area (Å²) in [5, 5.41) is 11.8. The van der Waals surface area contributed by atoms with E-state index in [4.69, 9.17) is 9.47 Å². The Morgan fingerprint density at radius 1 is 1.24 bits per heavy atom. The number of aliphatic carboxylic acids is 1. The summed E-state index contributed by atoms with van der Waals surface area (Å²) in [7, 11) is 1.10. The molecule has 0 radical (unpaired) electrons. The highest BCUT2D eigenvalue weighted by Crippen LogP contribution is 2.37. The van der Waals surface area contributed by atoms with Gasteiger partial charge in [-0.25, -0.2) is 9.59 Å². The Bertz CT molecular complexity index is 765. The number of methoxy groups -OCH3 is 1. The third-order valence-electron chi connectivity index (χ3n) is 4.34. The molecule has 0 aliphatic carbocycles. The van der Waals surface area contributed by atoms with Crippen molar-refractivity contribution in [3.05, 3.63) is 29.3 Å². The summed E-state index contributed by atoms with van der Waals surface area (Å²) in [6, 6.07) is 3.25. The molecule has 10 heteroatoms. The highest BCUT2D eigenvalue weighted by atomic mass is 19.4. The lowest BCUT2D eigenvalue weighted by Crippen LogP contribution is -2.61. The number of hydrogen-bond acceptors (Lipinski definition) is 5. The third kappa shape index (κ3) is 6.10. The average Bonchev–Trinajstić information content (AvgIpc) is 2.63. The number of ether oxygens (including phenoxy) is 2. The fourth-order valence-electron chi connectivity index (χ4n) is 2.59. The smallest absolute Gasteiger partial charge is 0.419 e. The normalized spacial score (nSPS) is 14.4. The Kier molecular flexibility index (Phi) is 8.05. The maximum Gasteiger partial charge on any atom is 0.419 e. The van der Waals surface area contributed by atoms with E-state index in [-0.39, 0.29) is 17.7 Å². The van der Waals surface area contributed by atoms with Crippen LogP contribution in [0.2, 0.25) is 0 Å². The van der Waals surface area contributed by atoms with Crippen LogP contribution in [0.4, 0.5) is 13.2 Å². The highest BCUT2D eigenvalue weighted by molar-refractivity contribution is 6.07. The summed E-state index contributed by atoms with van der Waals surface area (Å²) in [6.45, 7) is 4.30. The molecular formula is C19H24F3NO6. The van der Waals surface area contributed by atoms with Crippen LogP contribution < -0.4 is 10.1 Å². The molecule has 0 saturated heterocycles. The van der Waals surface area contributed by atoms with E-state index >= 15 is 0 Å². The van der Waals surface area contributed by atoms with Crippen molar-refractivity contribution >= 4 is 17.8 Å².